The number of hydrogen-bond donors (Lipinski definition) is 1. The highest BCUT2D eigenvalue weighted by atomic mass is 35.5. The maximum absolute atomic E-state index is 11.2. The molecule has 100 valence electrons. The molecule has 1 N–H and O–H groups in total. The largest absolute Gasteiger partial charge is 0.478 e. The number of carbonyl (C=O) groups is 1. The molecule has 0 saturated heterocycles. The first-order valence-electron chi connectivity index (χ1n) is 5.10. The van der Waals surface area contributed by atoms with Gasteiger partial charge in [-0.25, -0.2) is 9.78 Å². The van der Waals surface area contributed by atoms with E-state index < -0.39 is 22.1 Å². The molecule has 0 atom stereocenters. The highest BCUT2D eigenvalue weighted by Gasteiger charge is 2.22. The number of carboxylic acids is 1. The average Bonchev–Trinajstić information content (AvgIpc) is 2.85. The van der Waals surface area contributed by atoms with Gasteiger partial charge in [-0.15, -0.1) is 0 Å². The van der Waals surface area contributed by atoms with Crippen LogP contribution in [0.2, 0.25) is 5.02 Å². The topological polar surface area (TPSA) is 122 Å². The van der Waals surface area contributed by atoms with Crippen molar-refractivity contribution < 1.29 is 14.8 Å². The molecular formula is C11H5ClN4O4. The standard InChI is InChI=1S/C11H5ClN4O4/c12-8-4-6(16(19)20)3-7(11(17)18)10(8)15-2-1-14-9(15)5-13/h1-4H,(H,17,18). The van der Waals surface area contributed by atoms with Crippen LogP contribution in [-0.2, 0) is 0 Å². The second-order valence-corrected chi connectivity index (χ2v) is 4.03. The van der Waals surface area contributed by atoms with Crippen molar-refractivity contribution >= 4 is 23.3 Å². The van der Waals surface area contributed by atoms with Crippen LogP contribution in [0.5, 0.6) is 0 Å². The summed E-state index contributed by atoms with van der Waals surface area (Å²) < 4.78 is 1.16. The molecule has 0 spiro atoms. The van der Waals surface area contributed by atoms with Crippen molar-refractivity contribution in [1.29, 1.82) is 5.26 Å². The number of aromatic carboxylic acids is 1. The van der Waals surface area contributed by atoms with Gasteiger partial charge < -0.3 is 5.11 Å². The van der Waals surface area contributed by atoms with Crippen molar-refractivity contribution in [1.82, 2.24) is 9.55 Å². The molecule has 0 fully saturated rings. The first-order valence-corrected chi connectivity index (χ1v) is 5.48. The number of nitro groups is 1. The number of imidazole rings is 1. The Morgan fingerprint density at radius 3 is 2.80 bits per heavy atom. The van der Waals surface area contributed by atoms with Gasteiger partial charge in [0.1, 0.15) is 6.07 Å². The number of rotatable bonds is 3. The zero-order valence-corrected chi connectivity index (χ0v) is 10.4. The highest BCUT2D eigenvalue weighted by Crippen LogP contribution is 2.30. The van der Waals surface area contributed by atoms with E-state index in [0.717, 1.165) is 16.7 Å². The summed E-state index contributed by atoms with van der Waals surface area (Å²) in [5.41, 5.74) is -0.882. The molecule has 2 rings (SSSR count). The molecule has 0 amide bonds. The van der Waals surface area contributed by atoms with E-state index in [9.17, 15) is 14.9 Å². The van der Waals surface area contributed by atoms with E-state index >= 15 is 0 Å². The maximum Gasteiger partial charge on any atom is 0.338 e. The van der Waals surface area contributed by atoms with Crippen LogP contribution < -0.4 is 0 Å². The van der Waals surface area contributed by atoms with Crippen LogP contribution in [0.4, 0.5) is 5.69 Å². The maximum atomic E-state index is 11.2. The number of benzene rings is 1. The lowest BCUT2D eigenvalue weighted by Gasteiger charge is -2.10. The second kappa shape index (κ2) is 4.99. The number of nitriles is 1. The van der Waals surface area contributed by atoms with Gasteiger partial charge in [0, 0.05) is 24.5 Å². The van der Waals surface area contributed by atoms with Crippen LogP contribution in [0.3, 0.4) is 0 Å². The number of carboxylic acid groups (broad SMARTS) is 1. The number of non-ortho nitro benzene ring substituents is 1. The molecule has 0 aliphatic heterocycles. The Morgan fingerprint density at radius 2 is 2.25 bits per heavy atom. The van der Waals surface area contributed by atoms with Gasteiger partial charge in [-0.2, -0.15) is 5.26 Å². The fourth-order valence-corrected chi connectivity index (χ4v) is 1.97. The molecule has 0 aliphatic carbocycles. The van der Waals surface area contributed by atoms with Gasteiger partial charge in [-0.05, 0) is 0 Å². The summed E-state index contributed by atoms with van der Waals surface area (Å²) in [6.45, 7) is 0. The Hall–Kier alpha value is -2.92. The van der Waals surface area contributed by atoms with Gasteiger partial charge in [0.05, 0.1) is 21.2 Å². The predicted octanol–water partition coefficient (Wildman–Crippen LogP) is 2.00. The minimum absolute atomic E-state index is 0.0428. The van der Waals surface area contributed by atoms with Crippen molar-refractivity contribution in [2.45, 2.75) is 0 Å². The number of halogens is 1. The van der Waals surface area contributed by atoms with E-state index in [1.165, 1.54) is 12.4 Å². The number of nitrogens with zero attached hydrogens (tertiary/aromatic N) is 4. The first kappa shape index (κ1) is 13.5. The van der Waals surface area contributed by atoms with Gasteiger partial charge in [-0.3, -0.25) is 14.7 Å². The molecule has 1 aromatic heterocycles. The summed E-state index contributed by atoms with van der Waals surface area (Å²) in [7, 11) is 0. The molecule has 9 heteroatoms. The Labute approximate surface area is 116 Å². The Bertz CT molecular complexity index is 762. The quantitative estimate of drug-likeness (QED) is 0.682. The minimum Gasteiger partial charge on any atom is -0.478 e. The van der Waals surface area contributed by atoms with Crippen LogP contribution in [0.1, 0.15) is 16.2 Å². The summed E-state index contributed by atoms with van der Waals surface area (Å²) in [5, 5.41) is 28.6. The third-order valence-corrected chi connectivity index (χ3v) is 2.76. The Kier molecular flexibility index (Phi) is 3.37. The van der Waals surface area contributed by atoms with E-state index in [-0.39, 0.29) is 16.5 Å². The van der Waals surface area contributed by atoms with Crippen molar-refractivity contribution in [3.63, 3.8) is 0 Å². The van der Waals surface area contributed by atoms with Gasteiger partial charge in [0.15, 0.2) is 0 Å². The zero-order valence-electron chi connectivity index (χ0n) is 9.65. The fraction of sp³-hybridized carbons (Fsp3) is 0. The SMILES string of the molecule is N#Cc1nccn1-c1c(Cl)cc([N+](=O)[O-])cc1C(=O)O. The van der Waals surface area contributed by atoms with E-state index in [1.54, 1.807) is 6.07 Å². The average molecular weight is 293 g/mol. The lowest BCUT2D eigenvalue weighted by molar-refractivity contribution is -0.384. The summed E-state index contributed by atoms with van der Waals surface area (Å²) in [4.78, 5) is 25.0. The number of nitro benzene ring substituents is 1. The van der Waals surface area contributed by atoms with Crippen LogP contribution >= 0.6 is 11.6 Å². The second-order valence-electron chi connectivity index (χ2n) is 3.62. The van der Waals surface area contributed by atoms with Gasteiger partial charge in [0.25, 0.3) is 5.69 Å². The van der Waals surface area contributed by atoms with Crippen LogP contribution in [-0.4, -0.2) is 25.6 Å². The highest BCUT2D eigenvalue weighted by molar-refractivity contribution is 6.33. The monoisotopic (exact) mass is 292 g/mol. The molecule has 0 radical (unpaired) electrons. The summed E-state index contributed by atoms with van der Waals surface area (Å²) in [6.07, 6.45) is 2.64. The normalized spacial score (nSPS) is 10.0. The molecule has 2 aromatic rings. The van der Waals surface area contributed by atoms with Crippen molar-refractivity contribution in [2.24, 2.45) is 0 Å². The summed E-state index contributed by atoms with van der Waals surface area (Å²) in [5.74, 6) is -1.48. The molecule has 0 saturated carbocycles. The van der Waals surface area contributed by atoms with Gasteiger partial charge in [0.2, 0.25) is 5.82 Å². The fourth-order valence-electron chi connectivity index (χ4n) is 1.66. The number of aromatic nitrogens is 2. The number of hydrogen-bond acceptors (Lipinski definition) is 5. The van der Waals surface area contributed by atoms with Crippen LogP contribution in [0.15, 0.2) is 24.5 Å². The van der Waals surface area contributed by atoms with E-state index in [1.807, 2.05) is 0 Å². The molecule has 8 nitrogen and oxygen atoms in total. The lowest BCUT2D eigenvalue weighted by Crippen LogP contribution is -2.08. The zero-order chi connectivity index (χ0) is 14.9. The molecule has 1 heterocycles. The van der Waals surface area contributed by atoms with Crippen molar-refractivity contribution in [2.75, 3.05) is 0 Å². The molecule has 20 heavy (non-hydrogen) atoms. The van der Waals surface area contributed by atoms with Crippen LogP contribution in [0, 0.1) is 21.4 Å². The van der Waals surface area contributed by atoms with E-state index in [2.05, 4.69) is 4.98 Å². The minimum atomic E-state index is -1.40. The summed E-state index contributed by atoms with van der Waals surface area (Å²) >= 11 is 5.92. The Morgan fingerprint density at radius 1 is 1.55 bits per heavy atom. The smallest absolute Gasteiger partial charge is 0.338 e. The molecule has 0 unspecified atom stereocenters. The van der Waals surface area contributed by atoms with E-state index in [0.29, 0.717) is 0 Å². The van der Waals surface area contributed by atoms with Gasteiger partial charge >= 0.3 is 5.97 Å². The lowest BCUT2D eigenvalue weighted by atomic mass is 10.1. The van der Waals surface area contributed by atoms with Crippen molar-refractivity contribution in [3.05, 3.63) is 51.1 Å². The summed E-state index contributed by atoms with van der Waals surface area (Å²) in [6, 6.07) is 3.67. The van der Waals surface area contributed by atoms with Crippen molar-refractivity contribution in [3.8, 4) is 11.8 Å². The third kappa shape index (κ3) is 2.17. The van der Waals surface area contributed by atoms with Gasteiger partial charge in [-0.1, -0.05) is 11.6 Å². The first-order chi connectivity index (χ1) is 9.45. The van der Waals surface area contributed by atoms with E-state index in [4.69, 9.17) is 22.0 Å². The third-order valence-electron chi connectivity index (χ3n) is 2.47. The molecule has 0 aliphatic rings. The predicted molar refractivity (Wildman–Crippen MR) is 66.9 cm³/mol. The molecule has 0 bridgehead atoms. The Balaban J connectivity index is 2.80. The molecular weight excluding hydrogens is 288 g/mol. The molecule has 1 aromatic carbocycles. The van der Waals surface area contributed by atoms with Crippen LogP contribution in [0.25, 0.3) is 5.69 Å².